The predicted molar refractivity (Wildman–Crippen MR) is 98.0 cm³/mol. The van der Waals surface area contributed by atoms with Gasteiger partial charge in [0.1, 0.15) is 0 Å². The van der Waals surface area contributed by atoms with Crippen LogP contribution in [-0.4, -0.2) is 5.91 Å². The van der Waals surface area contributed by atoms with Gasteiger partial charge in [-0.2, -0.15) is 0 Å². The average molecular weight is 319 g/mol. The number of amides is 1. The number of carbonyl (C=O) groups is 1. The van der Waals surface area contributed by atoms with Gasteiger partial charge in [0.05, 0.1) is 0 Å². The van der Waals surface area contributed by atoms with Gasteiger partial charge in [-0.05, 0) is 73.3 Å². The Hall–Kier alpha value is -2.09. The third-order valence-electron chi connectivity index (χ3n) is 6.18. The largest absolute Gasteiger partial charge is 0.326 e. The van der Waals surface area contributed by atoms with E-state index < -0.39 is 0 Å². The number of nitrogens with one attached hydrogen (secondary N) is 1. The third kappa shape index (κ3) is 2.54. The van der Waals surface area contributed by atoms with Gasteiger partial charge < -0.3 is 5.32 Å². The molecule has 2 aliphatic rings. The van der Waals surface area contributed by atoms with Crippen LogP contribution >= 0.6 is 0 Å². The zero-order chi connectivity index (χ0) is 16.7. The van der Waals surface area contributed by atoms with Crippen molar-refractivity contribution >= 4 is 11.6 Å². The maximum Gasteiger partial charge on any atom is 0.228 e. The number of anilines is 1. The number of rotatable bonds is 3. The van der Waals surface area contributed by atoms with Crippen LogP contribution in [0.25, 0.3) is 0 Å². The molecule has 2 fully saturated rings. The molecule has 0 aliphatic heterocycles. The second-order valence-corrected chi connectivity index (χ2v) is 7.51. The number of fused-ring (bicyclic) bond motifs is 2. The molecule has 2 bridgehead atoms. The van der Waals surface area contributed by atoms with E-state index in [0.717, 1.165) is 5.69 Å². The van der Waals surface area contributed by atoms with E-state index in [-0.39, 0.29) is 11.8 Å². The minimum Gasteiger partial charge on any atom is -0.326 e. The van der Waals surface area contributed by atoms with Crippen LogP contribution in [0.3, 0.4) is 0 Å². The molecule has 0 saturated heterocycles. The highest BCUT2D eigenvalue weighted by Crippen LogP contribution is 2.60. The van der Waals surface area contributed by atoms with Crippen molar-refractivity contribution in [3.05, 3.63) is 65.2 Å². The van der Waals surface area contributed by atoms with Crippen molar-refractivity contribution in [1.29, 1.82) is 0 Å². The van der Waals surface area contributed by atoms with E-state index in [1.54, 1.807) is 0 Å². The third-order valence-corrected chi connectivity index (χ3v) is 6.18. The Balaban J connectivity index is 1.51. The van der Waals surface area contributed by atoms with E-state index in [2.05, 4.69) is 61.6 Å². The van der Waals surface area contributed by atoms with Crippen molar-refractivity contribution in [3.63, 3.8) is 0 Å². The van der Waals surface area contributed by atoms with Crippen molar-refractivity contribution in [3.8, 4) is 0 Å². The first-order chi connectivity index (χ1) is 11.6. The smallest absolute Gasteiger partial charge is 0.228 e. The highest BCUT2D eigenvalue weighted by Gasteiger charge is 2.55. The predicted octanol–water partition coefficient (Wildman–Crippen LogP) is 5.07. The van der Waals surface area contributed by atoms with Gasteiger partial charge in [0.2, 0.25) is 5.91 Å². The molecule has 2 aromatic carbocycles. The number of hydrogen-bond donors (Lipinski definition) is 1. The minimum atomic E-state index is 0.186. The molecule has 2 heteroatoms. The first kappa shape index (κ1) is 15.4. The fourth-order valence-electron chi connectivity index (χ4n) is 4.85. The van der Waals surface area contributed by atoms with E-state index in [9.17, 15) is 4.79 Å². The molecule has 1 amide bonds. The molecule has 24 heavy (non-hydrogen) atoms. The molecule has 2 nitrogen and oxygen atoms in total. The highest BCUT2D eigenvalue weighted by atomic mass is 16.2. The Morgan fingerprint density at radius 3 is 2.33 bits per heavy atom. The van der Waals surface area contributed by atoms with Crippen LogP contribution < -0.4 is 5.32 Å². The van der Waals surface area contributed by atoms with E-state index in [1.165, 1.54) is 36.0 Å². The van der Waals surface area contributed by atoms with E-state index >= 15 is 0 Å². The Bertz CT molecular complexity index is 740. The summed E-state index contributed by atoms with van der Waals surface area (Å²) >= 11 is 0. The van der Waals surface area contributed by atoms with Gasteiger partial charge in [0, 0.05) is 11.6 Å². The summed E-state index contributed by atoms with van der Waals surface area (Å²) in [6.45, 7) is 4.19. The number of benzene rings is 2. The standard InChI is InChI=1S/C22H25NO/c1-14-11-12-17(13-15(14)2)23-22(24)21-18-9-6-10-19(21)20(18)16-7-4-3-5-8-16/h3-5,7-8,11-13,18-21H,6,9-10H2,1-2H3,(H,23,24)/t18-,19-,20?,21?/m1/s1. The van der Waals surface area contributed by atoms with Gasteiger partial charge in [-0.25, -0.2) is 0 Å². The number of hydrogen-bond acceptors (Lipinski definition) is 1. The van der Waals surface area contributed by atoms with Crippen LogP contribution in [0.1, 0.15) is 41.9 Å². The van der Waals surface area contributed by atoms with Crippen molar-refractivity contribution < 1.29 is 4.79 Å². The van der Waals surface area contributed by atoms with E-state index in [1.807, 2.05) is 6.07 Å². The summed E-state index contributed by atoms with van der Waals surface area (Å²) in [5.74, 6) is 2.01. The lowest BCUT2D eigenvalue weighted by molar-refractivity contribution is -0.135. The Kier molecular flexibility index (Phi) is 3.91. The SMILES string of the molecule is Cc1ccc(NC(=O)C2[C@@H]3CCC[C@@H]2C3c2ccccc2)cc1C. The second-order valence-electron chi connectivity index (χ2n) is 7.51. The molecule has 0 unspecified atom stereocenters. The molecule has 0 aromatic heterocycles. The fourth-order valence-corrected chi connectivity index (χ4v) is 4.85. The van der Waals surface area contributed by atoms with Crippen LogP contribution in [0.15, 0.2) is 48.5 Å². The van der Waals surface area contributed by atoms with Crippen molar-refractivity contribution in [1.82, 2.24) is 0 Å². The summed E-state index contributed by atoms with van der Waals surface area (Å²) in [4.78, 5) is 12.9. The zero-order valence-electron chi connectivity index (χ0n) is 14.5. The summed E-state index contributed by atoms with van der Waals surface area (Å²) in [7, 11) is 0. The van der Waals surface area contributed by atoms with Crippen LogP contribution in [0.2, 0.25) is 0 Å². The van der Waals surface area contributed by atoms with Crippen molar-refractivity contribution in [2.75, 3.05) is 5.32 Å². The summed E-state index contributed by atoms with van der Waals surface area (Å²) < 4.78 is 0. The van der Waals surface area contributed by atoms with Crippen LogP contribution in [0.4, 0.5) is 5.69 Å². The van der Waals surface area contributed by atoms with Crippen molar-refractivity contribution in [2.45, 2.75) is 39.0 Å². The molecular weight excluding hydrogens is 294 g/mol. The van der Waals surface area contributed by atoms with Crippen LogP contribution in [0, 0.1) is 31.6 Å². The quantitative estimate of drug-likeness (QED) is 0.840. The molecule has 2 atom stereocenters. The van der Waals surface area contributed by atoms with Gasteiger partial charge in [0.15, 0.2) is 0 Å². The lowest BCUT2D eigenvalue weighted by atomic mass is 9.48. The maximum absolute atomic E-state index is 12.9. The fraction of sp³-hybridized carbons (Fsp3) is 0.409. The average Bonchev–Trinajstić information content (AvgIpc) is 2.60. The number of aryl methyl sites for hydroxylation is 2. The Morgan fingerprint density at radius 1 is 0.958 bits per heavy atom. The van der Waals surface area contributed by atoms with Gasteiger partial charge in [-0.3, -0.25) is 4.79 Å². The van der Waals surface area contributed by atoms with Crippen molar-refractivity contribution in [2.24, 2.45) is 17.8 Å². The van der Waals surface area contributed by atoms with Gasteiger partial charge >= 0.3 is 0 Å². The zero-order valence-corrected chi connectivity index (χ0v) is 14.5. The molecule has 1 N–H and O–H groups in total. The highest BCUT2D eigenvalue weighted by molar-refractivity contribution is 5.94. The van der Waals surface area contributed by atoms with Gasteiger partial charge in [0.25, 0.3) is 0 Å². The van der Waals surface area contributed by atoms with E-state index in [0.29, 0.717) is 17.8 Å². The molecule has 2 aliphatic carbocycles. The first-order valence-electron chi connectivity index (χ1n) is 9.08. The molecule has 0 radical (unpaired) electrons. The molecule has 4 rings (SSSR count). The van der Waals surface area contributed by atoms with Crippen LogP contribution in [0.5, 0.6) is 0 Å². The summed E-state index contributed by atoms with van der Waals surface area (Å²) in [6, 6.07) is 16.9. The lowest BCUT2D eigenvalue weighted by Crippen LogP contribution is -2.53. The maximum atomic E-state index is 12.9. The molecule has 0 spiro atoms. The molecule has 124 valence electrons. The lowest BCUT2D eigenvalue weighted by Gasteiger charge is -2.55. The number of carbonyl (C=O) groups excluding carboxylic acids is 1. The minimum absolute atomic E-state index is 0.186. The summed E-state index contributed by atoms with van der Waals surface area (Å²) in [5.41, 5.74) is 4.84. The molecule has 0 heterocycles. The Labute approximate surface area is 144 Å². The van der Waals surface area contributed by atoms with Gasteiger partial charge in [-0.15, -0.1) is 0 Å². The molecular formula is C22H25NO. The summed E-state index contributed by atoms with van der Waals surface area (Å²) in [6.07, 6.45) is 3.63. The Morgan fingerprint density at radius 2 is 1.67 bits per heavy atom. The second kappa shape index (κ2) is 6.08. The van der Waals surface area contributed by atoms with E-state index in [4.69, 9.17) is 0 Å². The van der Waals surface area contributed by atoms with Crippen LogP contribution in [-0.2, 0) is 4.79 Å². The first-order valence-corrected chi connectivity index (χ1v) is 9.08. The van der Waals surface area contributed by atoms with Gasteiger partial charge in [-0.1, -0.05) is 42.8 Å². The topological polar surface area (TPSA) is 29.1 Å². The molecule has 2 aromatic rings. The monoisotopic (exact) mass is 319 g/mol. The normalized spacial score (nSPS) is 28.1. The molecule has 2 saturated carbocycles. The summed E-state index contributed by atoms with van der Waals surface area (Å²) in [5, 5.41) is 3.17.